The third-order valence-electron chi connectivity index (χ3n) is 1.06. The number of nitrogens with zero attached hydrogens (tertiary/aromatic N) is 1. The van der Waals surface area contributed by atoms with E-state index in [9.17, 15) is 18.4 Å². The topological polar surface area (TPSA) is 26.9 Å². The summed E-state index contributed by atoms with van der Waals surface area (Å²) in [6.45, 7) is 0. The summed E-state index contributed by atoms with van der Waals surface area (Å²) >= 11 is 0. The summed E-state index contributed by atoms with van der Waals surface area (Å²) in [4.78, 5) is 0. The fourth-order valence-electron chi connectivity index (χ4n) is 0.600. The zero-order chi connectivity index (χ0) is 8.48. The van der Waals surface area contributed by atoms with E-state index in [4.69, 9.17) is 0 Å². The Labute approximate surface area is 60.5 Å². The highest BCUT2D eigenvalue weighted by Gasteiger charge is 2.39. The highest BCUT2D eigenvalue weighted by Crippen LogP contribution is 2.25. The molecule has 0 aliphatic heterocycles. The van der Waals surface area contributed by atoms with Crippen molar-refractivity contribution >= 4 is 0 Å². The van der Waals surface area contributed by atoms with E-state index in [2.05, 4.69) is 6.07 Å². The van der Waals surface area contributed by atoms with Gasteiger partial charge in [-0.3, -0.25) is 0 Å². The molecular weight excluding hydrogens is 159 g/mol. The second kappa shape index (κ2) is 2.41. The van der Waals surface area contributed by atoms with E-state index in [1.54, 1.807) is 0 Å². The highest BCUT2D eigenvalue weighted by atomic mass is 19.4. The summed E-state index contributed by atoms with van der Waals surface area (Å²) in [5.41, 5.74) is -1.23. The van der Waals surface area contributed by atoms with Crippen molar-refractivity contribution in [3.05, 3.63) is 35.3 Å². The van der Waals surface area contributed by atoms with E-state index in [1.165, 1.54) is 0 Å². The Morgan fingerprint density at radius 2 is 2.09 bits per heavy atom. The Hall–Kier alpha value is -1.26. The van der Waals surface area contributed by atoms with Crippen molar-refractivity contribution in [2.75, 3.05) is 0 Å². The third-order valence-corrected chi connectivity index (χ3v) is 1.06. The first-order valence-corrected chi connectivity index (χ1v) is 2.68. The minimum absolute atomic E-state index is 0.264. The molecule has 2 nitrogen and oxygen atoms in total. The van der Waals surface area contributed by atoms with Gasteiger partial charge >= 0.3 is 6.18 Å². The summed E-state index contributed by atoms with van der Waals surface area (Å²) < 4.78 is 35.2. The first-order valence-electron chi connectivity index (χ1n) is 2.68. The molecule has 0 unspecified atom stereocenters. The lowest BCUT2D eigenvalue weighted by Crippen LogP contribution is -2.35. The molecule has 0 atom stereocenters. The predicted molar refractivity (Wildman–Crippen MR) is 29.2 cm³/mol. The lowest BCUT2D eigenvalue weighted by molar-refractivity contribution is -0.629. The molecule has 1 radical (unpaired) electrons. The Morgan fingerprint density at radius 3 is 2.45 bits per heavy atom. The summed E-state index contributed by atoms with van der Waals surface area (Å²) in [6, 6.07) is 3.94. The van der Waals surface area contributed by atoms with Crippen LogP contribution in [-0.4, -0.2) is 0 Å². The monoisotopic (exact) mass is 162 g/mol. The van der Waals surface area contributed by atoms with Crippen LogP contribution in [0, 0.1) is 11.3 Å². The minimum Gasteiger partial charge on any atom is -0.618 e. The molecule has 0 aliphatic carbocycles. The molecule has 1 aromatic rings. The first kappa shape index (κ1) is 7.84. The van der Waals surface area contributed by atoms with Crippen molar-refractivity contribution in [3.8, 4) is 0 Å². The molecule has 1 rings (SSSR count). The van der Waals surface area contributed by atoms with Crippen LogP contribution in [0.25, 0.3) is 0 Å². The molecule has 0 aromatic carbocycles. The van der Waals surface area contributed by atoms with Crippen molar-refractivity contribution in [3.63, 3.8) is 0 Å². The maximum Gasteiger partial charge on any atom is 0.478 e. The Morgan fingerprint density at radius 1 is 1.45 bits per heavy atom. The van der Waals surface area contributed by atoms with Crippen LogP contribution in [0.15, 0.2) is 18.3 Å². The molecule has 0 spiro atoms. The highest BCUT2D eigenvalue weighted by molar-refractivity contribution is 4.99. The van der Waals surface area contributed by atoms with Gasteiger partial charge in [-0.15, -0.1) is 0 Å². The molecule has 0 bridgehead atoms. The van der Waals surface area contributed by atoms with Crippen LogP contribution < -0.4 is 4.73 Å². The van der Waals surface area contributed by atoms with Gasteiger partial charge in [-0.1, -0.05) is 0 Å². The Kier molecular flexibility index (Phi) is 1.72. The lowest BCUT2D eigenvalue weighted by atomic mass is 10.3. The van der Waals surface area contributed by atoms with Gasteiger partial charge in [-0.05, 0) is 6.07 Å². The molecule has 1 heterocycles. The van der Waals surface area contributed by atoms with Crippen molar-refractivity contribution < 1.29 is 17.9 Å². The van der Waals surface area contributed by atoms with Crippen molar-refractivity contribution in [2.24, 2.45) is 0 Å². The largest absolute Gasteiger partial charge is 0.618 e. The van der Waals surface area contributed by atoms with Crippen molar-refractivity contribution in [2.45, 2.75) is 6.18 Å². The third kappa shape index (κ3) is 1.60. The zero-order valence-electron chi connectivity index (χ0n) is 5.22. The average molecular weight is 162 g/mol. The van der Waals surface area contributed by atoms with Gasteiger partial charge < -0.3 is 5.21 Å². The van der Waals surface area contributed by atoms with E-state index in [1.807, 2.05) is 0 Å². The van der Waals surface area contributed by atoms with Gasteiger partial charge in [0.1, 0.15) is 0 Å². The number of halogens is 3. The van der Waals surface area contributed by atoms with E-state index in [0.29, 0.717) is 12.3 Å². The van der Waals surface area contributed by atoms with Crippen LogP contribution in [0.5, 0.6) is 0 Å². The SMILES string of the molecule is [O-][n+]1c[c]ccc1C(F)(F)F. The molecule has 0 N–H and O–H groups in total. The molecule has 0 saturated heterocycles. The summed E-state index contributed by atoms with van der Waals surface area (Å²) in [5, 5.41) is 10.4. The Balaban J connectivity index is 3.14. The second-order valence-electron chi connectivity index (χ2n) is 1.84. The van der Waals surface area contributed by atoms with E-state index >= 15 is 0 Å². The first-order chi connectivity index (χ1) is 5.02. The minimum atomic E-state index is -4.59. The van der Waals surface area contributed by atoms with Crippen molar-refractivity contribution in [1.82, 2.24) is 0 Å². The molecule has 1 aromatic heterocycles. The van der Waals surface area contributed by atoms with Gasteiger partial charge in [0.25, 0.3) is 5.69 Å². The second-order valence-corrected chi connectivity index (χ2v) is 1.84. The maximum absolute atomic E-state index is 11.8. The number of hydrogen-bond donors (Lipinski definition) is 0. The van der Waals surface area contributed by atoms with Gasteiger partial charge in [0.15, 0.2) is 6.20 Å². The van der Waals surface area contributed by atoms with Crippen LogP contribution in [0.4, 0.5) is 13.2 Å². The normalized spacial score (nSPS) is 11.5. The van der Waals surface area contributed by atoms with E-state index < -0.39 is 11.9 Å². The molecule has 11 heavy (non-hydrogen) atoms. The van der Waals surface area contributed by atoms with Crippen LogP contribution in [0.3, 0.4) is 0 Å². The smallest absolute Gasteiger partial charge is 0.478 e. The number of alkyl halides is 3. The average Bonchev–Trinajstić information content (AvgIpc) is 1.86. The predicted octanol–water partition coefficient (Wildman–Crippen LogP) is 1.14. The van der Waals surface area contributed by atoms with Gasteiger partial charge in [0, 0.05) is 6.07 Å². The molecule has 59 valence electrons. The number of hydrogen-bond acceptors (Lipinski definition) is 1. The van der Waals surface area contributed by atoms with E-state index in [-0.39, 0.29) is 4.73 Å². The van der Waals surface area contributed by atoms with Crippen LogP contribution >= 0.6 is 0 Å². The quantitative estimate of drug-likeness (QED) is 0.415. The van der Waals surface area contributed by atoms with E-state index in [0.717, 1.165) is 6.07 Å². The molecule has 0 fully saturated rings. The fourth-order valence-corrected chi connectivity index (χ4v) is 0.600. The van der Waals surface area contributed by atoms with Crippen LogP contribution in [0.1, 0.15) is 5.69 Å². The number of pyridine rings is 1. The van der Waals surface area contributed by atoms with Gasteiger partial charge in [-0.25, -0.2) is 0 Å². The summed E-state index contributed by atoms with van der Waals surface area (Å²) in [7, 11) is 0. The molecular formula is C6H3F3NO. The van der Waals surface area contributed by atoms with Crippen LogP contribution in [-0.2, 0) is 6.18 Å². The number of aromatic nitrogens is 1. The fraction of sp³-hybridized carbons (Fsp3) is 0.167. The molecule has 0 aliphatic rings. The standard InChI is InChI=1S/C6H3F3NO/c7-6(8,9)5-3-1-2-4-10(5)11/h1,3-4H. The Bertz CT molecular complexity index is 258. The summed E-state index contributed by atoms with van der Waals surface area (Å²) in [5.74, 6) is 0. The van der Waals surface area contributed by atoms with Crippen molar-refractivity contribution in [1.29, 1.82) is 0 Å². The van der Waals surface area contributed by atoms with Crippen LogP contribution in [0.2, 0.25) is 0 Å². The number of rotatable bonds is 0. The van der Waals surface area contributed by atoms with Gasteiger partial charge in [0.2, 0.25) is 0 Å². The van der Waals surface area contributed by atoms with Gasteiger partial charge in [-0.2, -0.15) is 17.9 Å². The molecule has 0 amide bonds. The zero-order valence-corrected chi connectivity index (χ0v) is 5.22. The molecule has 5 heteroatoms. The lowest BCUT2D eigenvalue weighted by Gasteiger charge is -2.05. The maximum atomic E-state index is 11.8. The molecule has 0 saturated carbocycles. The summed E-state index contributed by atoms with van der Waals surface area (Å²) in [6.07, 6.45) is -3.90. The van der Waals surface area contributed by atoms with Gasteiger partial charge in [0.05, 0.1) is 6.07 Å².